The van der Waals surface area contributed by atoms with Crippen molar-refractivity contribution in [2.75, 3.05) is 10.2 Å². The highest BCUT2D eigenvalue weighted by atomic mass is 15.2. The number of nitrogens with one attached hydrogen (secondary N) is 1. The zero-order valence-corrected chi connectivity index (χ0v) is 19.1. The van der Waals surface area contributed by atoms with E-state index in [0.717, 1.165) is 17.8 Å². The van der Waals surface area contributed by atoms with Crippen molar-refractivity contribution in [2.24, 2.45) is 0 Å². The normalized spacial score (nSPS) is 15.8. The summed E-state index contributed by atoms with van der Waals surface area (Å²) in [5.41, 5.74) is 7.00. The molecule has 0 heterocycles. The lowest BCUT2D eigenvalue weighted by atomic mass is 9.95. The van der Waals surface area contributed by atoms with E-state index in [9.17, 15) is 0 Å². The molecule has 0 saturated carbocycles. The Hall–Kier alpha value is -4.04. The molecule has 0 fully saturated rings. The molecule has 0 amide bonds. The largest absolute Gasteiger partial charge is 0.356 e. The van der Waals surface area contributed by atoms with Gasteiger partial charge in [-0.05, 0) is 67.0 Å². The molecule has 1 atom stereocenters. The van der Waals surface area contributed by atoms with Crippen LogP contribution in [0.4, 0.5) is 17.1 Å². The van der Waals surface area contributed by atoms with E-state index in [1.165, 1.54) is 22.5 Å². The van der Waals surface area contributed by atoms with Crippen molar-refractivity contribution in [2.45, 2.75) is 19.4 Å². The molecule has 0 aliphatic heterocycles. The minimum atomic E-state index is 0.228. The monoisotopic (exact) mass is 430 g/mol. The fraction of sp³-hybridized carbons (Fsp3) is 0.0968. The molecule has 1 N–H and O–H groups in total. The SMILES string of the molecule is C=C/C=C\C=C(/C)N(c1ccc(Nc2ccccc2)cc1)C1C=C(c2ccccc2)C=CC1. The quantitative estimate of drug-likeness (QED) is 0.362. The van der Waals surface area contributed by atoms with Crippen molar-refractivity contribution in [3.8, 4) is 0 Å². The zero-order chi connectivity index (χ0) is 22.9. The number of hydrogen-bond donors (Lipinski definition) is 1. The molecular formula is C31H30N2. The first kappa shape index (κ1) is 22.2. The summed E-state index contributed by atoms with van der Waals surface area (Å²) in [5.74, 6) is 0. The summed E-state index contributed by atoms with van der Waals surface area (Å²) < 4.78 is 0. The van der Waals surface area contributed by atoms with E-state index in [-0.39, 0.29) is 6.04 Å². The smallest absolute Gasteiger partial charge is 0.0562 e. The van der Waals surface area contributed by atoms with Crippen LogP contribution in [0.5, 0.6) is 0 Å². The van der Waals surface area contributed by atoms with Gasteiger partial charge in [-0.25, -0.2) is 0 Å². The van der Waals surface area contributed by atoms with Crippen molar-refractivity contribution < 1.29 is 0 Å². The Balaban J connectivity index is 1.64. The molecule has 3 aromatic carbocycles. The van der Waals surface area contributed by atoms with Gasteiger partial charge in [-0.3, -0.25) is 0 Å². The van der Waals surface area contributed by atoms with Gasteiger partial charge < -0.3 is 10.2 Å². The third-order valence-electron chi connectivity index (χ3n) is 5.66. The van der Waals surface area contributed by atoms with Gasteiger partial charge in [-0.2, -0.15) is 0 Å². The highest BCUT2D eigenvalue weighted by Gasteiger charge is 2.20. The summed E-state index contributed by atoms with van der Waals surface area (Å²) in [4.78, 5) is 2.41. The van der Waals surface area contributed by atoms with Crippen LogP contribution < -0.4 is 10.2 Å². The molecule has 4 rings (SSSR count). The molecule has 1 unspecified atom stereocenters. The number of nitrogens with zero attached hydrogens (tertiary/aromatic N) is 1. The Morgan fingerprint density at radius 3 is 2.24 bits per heavy atom. The summed E-state index contributed by atoms with van der Waals surface area (Å²) in [6, 6.07) is 29.7. The molecule has 1 aliphatic rings. The number of benzene rings is 3. The molecule has 164 valence electrons. The fourth-order valence-electron chi connectivity index (χ4n) is 4.07. The van der Waals surface area contributed by atoms with E-state index in [4.69, 9.17) is 0 Å². The van der Waals surface area contributed by atoms with Crippen LogP contribution in [0.3, 0.4) is 0 Å². The van der Waals surface area contributed by atoms with Crippen LogP contribution in [0.1, 0.15) is 18.9 Å². The molecule has 3 aromatic rings. The average molecular weight is 431 g/mol. The lowest BCUT2D eigenvalue weighted by molar-refractivity contribution is 0.755. The summed E-state index contributed by atoms with van der Waals surface area (Å²) in [7, 11) is 0. The third-order valence-corrected chi connectivity index (χ3v) is 5.66. The maximum Gasteiger partial charge on any atom is 0.0562 e. The van der Waals surface area contributed by atoms with Crippen molar-refractivity contribution in [1.82, 2.24) is 0 Å². The van der Waals surface area contributed by atoms with Crippen molar-refractivity contribution in [3.63, 3.8) is 0 Å². The number of anilines is 3. The summed E-state index contributed by atoms with van der Waals surface area (Å²) in [6.45, 7) is 5.95. The van der Waals surface area contributed by atoms with E-state index in [1.807, 2.05) is 30.4 Å². The van der Waals surface area contributed by atoms with E-state index < -0.39 is 0 Å². The standard InChI is InChI=1S/C31H30N2/c1-3-4-7-13-25(2)33(31-19-12-16-27(24-31)26-14-8-5-9-15-26)30-22-20-29(21-23-30)32-28-17-10-6-11-18-28/h3-18,20-24,31-32H,1,19H2,2H3/b7-4-,25-13+. The van der Waals surface area contributed by atoms with Crippen LogP contribution in [-0.2, 0) is 0 Å². The van der Waals surface area contributed by atoms with Gasteiger partial charge in [0, 0.05) is 22.8 Å². The van der Waals surface area contributed by atoms with Gasteiger partial charge in [0.25, 0.3) is 0 Å². The molecule has 2 heteroatoms. The Bertz CT molecular complexity index is 1170. The second-order valence-corrected chi connectivity index (χ2v) is 8.03. The Morgan fingerprint density at radius 1 is 0.879 bits per heavy atom. The van der Waals surface area contributed by atoms with Gasteiger partial charge in [0.1, 0.15) is 0 Å². The van der Waals surface area contributed by atoms with Crippen LogP contribution in [0.15, 0.2) is 140 Å². The first-order valence-corrected chi connectivity index (χ1v) is 11.4. The maximum atomic E-state index is 3.78. The van der Waals surface area contributed by atoms with Gasteiger partial charge in [0.15, 0.2) is 0 Å². The van der Waals surface area contributed by atoms with E-state index in [1.54, 1.807) is 6.08 Å². The summed E-state index contributed by atoms with van der Waals surface area (Å²) >= 11 is 0. The molecule has 2 nitrogen and oxygen atoms in total. The van der Waals surface area contributed by atoms with Crippen LogP contribution in [0, 0.1) is 0 Å². The highest BCUT2D eigenvalue weighted by molar-refractivity contribution is 5.76. The van der Waals surface area contributed by atoms with E-state index in [0.29, 0.717) is 0 Å². The molecule has 0 bridgehead atoms. The summed E-state index contributed by atoms with van der Waals surface area (Å²) in [6.07, 6.45) is 15.8. The van der Waals surface area contributed by atoms with Crippen LogP contribution >= 0.6 is 0 Å². The average Bonchev–Trinajstić information content (AvgIpc) is 2.87. The molecule has 0 saturated heterocycles. The highest BCUT2D eigenvalue weighted by Crippen LogP contribution is 2.31. The van der Waals surface area contributed by atoms with Gasteiger partial charge in [0.2, 0.25) is 0 Å². The molecule has 0 aromatic heterocycles. The third kappa shape index (κ3) is 5.81. The predicted molar refractivity (Wildman–Crippen MR) is 144 cm³/mol. The molecule has 0 spiro atoms. The number of allylic oxidation sites excluding steroid dienone is 7. The minimum Gasteiger partial charge on any atom is -0.356 e. The van der Waals surface area contributed by atoms with Crippen LogP contribution in [-0.4, -0.2) is 6.04 Å². The first-order valence-electron chi connectivity index (χ1n) is 11.4. The molecule has 1 aliphatic carbocycles. The van der Waals surface area contributed by atoms with E-state index in [2.05, 4.69) is 115 Å². The second kappa shape index (κ2) is 11.0. The van der Waals surface area contributed by atoms with Crippen molar-refractivity contribution in [3.05, 3.63) is 145 Å². The maximum absolute atomic E-state index is 3.78. The Kier molecular flexibility index (Phi) is 7.40. The first-order chi connectivity index (χ1) is 16.2. The number of para-hydroxylation sites is 1. The topological polar surface area (TPSA) is 15.3 Å². The molecule has 0 radical (unpaired) electrons. The number of hydrogen-bond acceptors (Lipinski definition) is 2. The minimum absolute atomic E-state index is 0.228. The second-order valence-electron chi connectivity index (χ2n) is 8.03. The van der Waals surface area contributed by atoms with Gasteiger partial charge in [-0.1, -0.05) is 91.6 Å². The summed E-state index contributed by atoms with van der Waals surface area (Å²) in [5, 5.41) is 3.47. The van der Waals surface area contributed by atoms with Crippen molar-refractivity contribution in [1.29, 1.82) is 0 Å². The number of rotatable bonds is 8. The Labute approximate surface area is 197 Å². The van der Waals surface area contributed by atoms with E-state index >= 15 is 0 Å². The predicted octanol–water partition coefficient (Wildman–Crippen LogP) is 8.29. The van der Waals surface area contributed by atoms with Crippen LogP contribution in [0.2, 0.25) is 0 Å². The fourth-order valence-corrected chi connectivity index (χ4v) is 4.07. The van der Waals surface area contributed by atoms with Crippen molar-refractivity contribution >= 4 is 22.6 Å². The van der Waals surface area contributed by atoms with Gasteiger partial charge in [0.05, 0.1) is 6.04 Å². The lowest BCUT2D eigenvalue weighted by Gasteiger charge is -2.34. The van der Waals surface area contributed by atoms with Gasteiger partial charge >= 0.3 is 0 Å². The lowest BCUT2D eigenvalue weighted by Crippen LogP contribution is -2.33. The van der Waals surface area contributed by atoms with Gasteiger partial charge in [-0.15, -0.1) is 0 Å². The zero-order valence-electron chi connectivity index (χ0n) is 19.1. The molecular weight excluding hydrogens is 400 g/mol. The molecule has 33 heavy (non-hydrogen) atoms. The Morgan fingerprint density at radius 2 is 1.55 bits per heavy atom. The van der Waals surface area contributed by atoms with Crippen LogP contribution in [0.25, 0.3) is 5.57 Å².